The molecule has 1 fully saturated rings. The van der Waals surface area contributed by atoms with Gasteiger partial charge in [-0.1, -0.05) is 25.5 Å². The third-order valence-corrected chi connectivity index (χ3v) is 8.95. The highest BCUT2D eigenvalue weighted by Crippen LogP contribution is 2.41. The molecule has 180 valence electrons. The van der Waals surface area contributed by atoms with E-state index in [0.29, 0.717) is 18.3 Å². The Balaban J connectivity index is 1.39. The van der Waals surface area contributed by atoms with E-state index >= 15 is 0 Å². The van der Waals surface area contributed by atoms with Crippen molar-refractivity contribution >= 4 is 10.0 Å². The van der Waals surface area contributed by atoms with Crippen molar-refractivity contribution in [3.63, 3.8) is 0 Å². The number of hydrogen-bond donors (Lipinski definition) is 1. The van der Waals surface area contributed by atoms with Crippen LogP contribution in [0.3, 0.4) is 0 Å². The Kier molecular flexibility index (Phi) is 6.34. The summed E-state index contributed by atoms with van der Waals surface area (Å²) in [6, 6.07) is 15.1. The van der Waals surface area contributed by atoms with E-state index in [4.69, 9.17) is 5.10 Å². The first-order valence-electron chi connectivity index (χ1n) is 12.2. The Morgan fingerprint density at radius 1 is 1.00 bits per heavy atom. The van der Waals surface area contributed by atoms with Gasteiger partial charge >= 0.3 is 0 Å². The minimum absolute atomic E-state index is 0.0256. The Bertz CT molecular complexity index is 1280. The van der Waals surface area contributed by atoms with Crippen LogP contribution < -0.4 is 4.72 Å². The molecule has 1 saturated carbocycles. The average Bonchev–Trinajstić information content (AvgIpc) is 3.31. The van der Waals surface area contributed by atoms with Gasteiger partial charge in [-0.3, -0.25) is 4.68 Å². The Labute approximate surface area is 201 Å². The van der Waals surface area contributed by atoms with Crippen molar-refractivity contribution in [3.05, 3.63) is 65.5 Å². The number of sulfonamides is 1. The normalized spacial score (nSPS) is 21.9. The molecule has 2 aromatic carbocycles. The SMILES string of the molecule is CCCCS(=O)(=O)N[C@@H]1C2CCC1Cc1cc(-c3cc(-c4ccc(F)cc4)n(C)n3)ccc1C2. The Morgan fingerprint density at radius 3 is 2.38 bits per heavy atom. The molecule has 2 bridgehead atoms. The molecular weight excluding hydrogens is 449 g/mol. The maximum absolute atomic E-state index is 13.3. The van der Waals surface area contributed by atoms with Crippen LogP contribution in [0.25, 0.3) is 22.5 Å². The fourth-order valence-corrected chi connectivity index (χ4v) is 7.25. The van der Waals surface area contributed by atoms with Crippen LogP contribution in [0.4, 0.5) is 4.39 Å². The van der Waals surface area contributed by atoms with Gasteiger partial charge in [-0.05, 0) is 97.0 Å². The highest BCUT2D eigenvalue weighted by Gasteiger charge is 2.40. The van der Waals surface area contributed by atoms with Gasteiger partial charge in [0.25, 0.3) is 0 Å². The van der Waals surface area contributed by atoms with Crippen molar-refractivity contribution in [1.82, 2.24) is 14.5 Å². The maximum atomic E-state index is 13.3. The molecular formula is C27H32FN3O2S. The van der Waals surface area contributed by atoms with Crippen LogP contribution in [-0.2, 0) is 29.9 Å². The molecule has 2 aliphatic rings. The Morgan fingerprint density at radius 2 is 1.68 bits per heavy atom. The molecule has 0 radical (unpaired) electrons. The van der Waals surface area contributed by atoms with E-state index in [0.717, 1.165) is 54.6 Å². The number of fused-ring (bicyclic) bond motifs is 3. The predicted molar refractivity (Wildman–Crippen MR) is 133 cm³/mol. The molecule has 0 amide bonds. The number of benzene rings is 2. The number of aryl methyl sites for hydroxylation is 1. The Hall–Kier alpha value is -2.51. The summed E-state index contributed by atoms with van der Waals surface area (Å²) in [5.41, 5.74) is 6.43. The van der Waals surface area contributed by atoms with E-state index in [2.05, 4.69) is 22.9 Å². The van der Waals surface area contributed by atoms with Crippen molar-refractivity contribution in [3.8, 4) is 22.5 Å². The van der Waals surface area contributed by atoms with Crippen molar-refractivity contribution in [2.24, 2.45) is 18.9 Å². The maximum Gasteiger partial charge on any atom is 0.211 e. The number of rotatable bonds is 7. The lowest BCUT2D eigenvalue weighted by molar-refractivity contribution is 0.386. The fraction of sp³-hybridized carbons (Fsp3) is 0.444. The molecule has 2 aliphatic carbocycles. The monoisotopic (exact) mass is 481 g/mol. The molecule has 0 spiro atoms. The largest absolute Gasteiger partial charge is 0.267 e. The van der Waals surface area contributed by atoms with E-state index in [1.807, 2.05) is 24.7 Å². The van der Waals surface area contributed by atoms with Gasteiger partial charge in [0.1, 0.15) is 5.82 Å². The number of aromatic nitrogens is 2. The fourth-order valence-electron chi connectivity index (χ4n) is 5.66. The number of nitrogens with zero attached hydrogens (tertiary/aromatic N) is 2. The molecule has 1 N–H and O–H groups in total. The zero-order chi connectivity index (χ0) is 23.9. The van der Waals surface area contributed by atoms with Gasteiger partial charge in [0.05, 0.1) is 17.1 Å². The number of halogens is 1. The second-order valence-corrected chi connectivity index (χ2v) is 11.7. The minimum Gasteiger partial charge on any atom is -0.267 e. The molecule has 34 heavy (non-hydrogen) atoms. The molecule has 7 heteroatoms. The summed E-state index contributed by atoms with van der Waals surface area (Å²) in [6.07, 6.45) is 5.52. The van der Waals surface area contributed by atoms with Crippen molar-refractivity contribution in [2.75, 3.05) is 5.75 Å². The average molecular weight is 482 g/mol. The van der Waals surface area contributed by atoms with Crippen LogP contribution in [0.15, 0.2) is 48.5 Å². The van der Waals surface area contributed by atoms with Crippen molar-refractivity contribution < 1.29 is 12.8 Å². The summed E-state index contributed by atoms with van der Waals surface area (Å²) >= 11 is 0. The summed E-state index contributed by atoms with van der Waals surface area (Å²) in [4.78, 5) is 0. The van der Waals surface area contributed by atoms with E-state index < -0.39 is 10.0 Å². The highest BCUT2D eigenvalue weighted by molar-refractivity contribution is 7.89. The lowest BCUT2D eigenvalue weighted by atomic mass is 9.91. The topological polar surface area (TPSA) is 64.0 Å². The van der Waals surface area contributed by atoms with Gasteiger partial charge in [-0.25, -0.2) is 17.5 Å². The van der Waals surface area contributed by atoms with E-state index in [-0.39, 0.29) is 17.6 Å². The summed E-state index contributed by atoms with van der Waals surface area (Å²) < 4.78 is 43.5. The molecule has 2 unspecified atom stereocenters. The summed E-state index contributed by atoms with van der Waals surface area (Å²) in [5, 5.41) is 4.72. The van der Waals surface area contributed by atoms with Crippen LogP contribution >= 0.6 is 0 Å². The highest BCUT2D eigenvalue weighted by atomic mass is 32.2. The smallest absolute Gasteiger partial charge is 0.211 e. The molecule has 1 heterocycles. The first-order chi connectivity index (χ1) is 16.3. The van der Waals surface area contributed by atoms with Gasteiger partial charge in [-0.15, -0.1) is 0 Å². The molecule has 5 nitrogen and oxygen atoms in total. The third-order valence-electron chi connectivity index (χ3n) is 7.49. The summed E-state index contributed by atoms with van der Waals surface area (Å²) in [6.45, 7) is 2.02. The van der Waals surface area contributed by atoms with E-state index in [1.54, 1.807) is 12.1 Å². The first-order valence-corrected chi connectivity index (χ1v) is 13.9. The molecule has 5 rings (SSSR count). The molecule has 3 aromatic rings. The quantitative estimate of drug-likeness (QED) is 0.510. The standard InChI is InChI=1S/C27H32FN3O2S/c1-3-4-13-34(32,33)30-27-21-7-8-22(27)16-23-15-20(6-5-19(23)14-21)25-17-26(31(2)29-25)18-9-11-24(28)12-10-18/h5-6,9-12,15,17,21-22,27,30H,3-4,7-8,13-14,16H2,1-2H3/t21?,22?,27-/m1/s1. The summed E-state index contributed by atoms with van der Waals surface area (Å²) in [7, 11) is -1.34. The number of nitrogens with one attached hydrogen (secondary N) is 1. The summed E-state index contributed by atoms with van der Waals surface area (Å²) in [5.74, 6) is 0.647. The van der Waals surface area contributed by atoms with Gasteiger partial charge in [0.15, 0.2) is 0 Å². The van der Waals surface area contributed by atoms with Crippen molar-refractivity contribution in [2.45, 2.75) is 51.5 Å². The van der Waals surface area contributed by atoms with Crippen LogP contribution in [0.2, 0.25) is 0 Å². The van der Waals surface area contributed by atoms with Gasteiger partial charge < -0.3 is 0 Å². The molecule has 3 atom stereocenters. The minimum atomic E-state index is -3.24. The predicted octanol–water partition coefficient (Wildman–Crippen LogP) is 5.11. The number of unbranched alkanes of at least 4 members (excludes halogenated alkanes) is 1. The first kappa shape index (κ1) is 23.2. The third kappa shape index (κ3) is 4.68. The zero-order valence-electron chi connectivity index (χ0n) is 19.8. The van der Waals surface area contributed by atoms with E-state index in [9.17, 15) is 12.8 Å². The van der Waals surface area contributed by atoms with Gasteiger partial charge in [0.2, 0.25) is 10.0 Å². The van der Waals surface area contributed by atoms with Crippen molar-refractivity contribution in [1.29, 1.82) is 0 Å². The lowest BCUT2D eigenvalue weighted by Crippen LogP contribution is -2.42. The zero-order valence-corrected chi connectivity index (χ0v) is 20.6. The van der Waals surface area contributed by atoms with E-state index in [1.165, 1.54) is 23.3 Å². The second kappa shape index (κ2) is 9.27. The molecule has 1 aromatic heterocycles. The van der Waals surface area contributed by atoms with Crippen LogP contribution in [-0.4, -0.2) is 30.0 Å². The molecule has 0 saturated heterocycles. The van der Waals surface area contributed by atoms with Gasteiger partial charge in [0, 0.05) is 18.7 Å². The van der Waals surface area contributed by atoms with Crippen LogP contribution in [0, 0.1) is 17.7 Å². The number of hydrogen-bond acceptors (Lipinski definition) is 3. The molecule has 0 aliphatic heterocycles. The lowest BCUT2D eigenvalue weighted by Gasteiger charge is -2.23. The van der Waals surface area contributed by atoms with Crippen LogP contribution in [0.1, 0.15) is 43.7 Å². The second-order valence-electron chi connectivity index (χ2n) is 9.85. The van der Waals surface area contributed by atoms with Gasteiger partial charge in [-0.2, -0.15) is 5.10 Å². The van der Waals surface area contributed by atoms with Crippen LogP contribution in [0.5, 0.6) is 0 Å².